The molecule has 0 atom stereocenters. The fraction of sp³-hybridized carbons (Fsp3) is 0.0698. The SMILES string of the molecule is CC1(C)c2ccccc2-c2cc(N(c3ccccc3-c3ccccc3)c3cc4ccccc4c4sc5ccccc5c34)ccc21. The highest BCUT2D eigenvalue weighted by molar-refractivity contribution is 7.26. The summed E-state index contributed by atoms with van der Waals surface area (Å²) in [7, 11) is 0. The summed E-state index contributed by atoms with van der Waals surface area (Å²) < 4.78 is 2.64. The Morgan fingerprint density at radius 3 is 2.04 bits per heavy atom. The lowest BCUT2D eigenvalue weighted by molar-refractivity contribution is 0.660. The molecule has 0 amide bonds. The molecule has 45 heavy (non-hydrogen) atoms. The number of hydrogen-bond donors (Lipinski definition) is 0. The Morgan fingerprint density at radius 2 is 1.18 bits per heavy atom. The highest BCUT2D eigenvalue weighted by Gasteiger charge is 2.36. The minimum absolute atomic E-state index is 0.0446. The maximum Gasteiger partial charge on any atom is 0.0561 e. The molecule has 1 nitrogen and oxygen atoms in total. The minimum Gasteiger partial charge on any atom is -0.309 e. The molecule has 0 aliphatic heterocycles. The summed E-state index contributed by atoms with van der Waals surface area (Å²) in [6.07, 6.45) is 0. The van der Waals surface area contributed by atoms with Crippen molar-refractivity contribution in [3.8, 4) is 22.3 Å². The number of benzene rings is 7. The molecular weight excluding hydrogens is 563 g/mol. The minimum atomic E-state index is -0.0446. The van der Waals surface area contributed by atoms with Gasteiger partial charge in [0.1, 0.15) is 0 Å². The first-order valence-corrected chi connectivity index (χ1v) is 16.4. The quantitative estimate of drug-likeness (QED) is 0.196. The van der Waals surface area contributed by atoms with Gasteiger partial charge in [0.2, 0.25) is 0 Å². The van der Waals surface area contributed by atoms with Crippen molar-refractivity contribution in [3.05, 3.63) is 163 Å². The third-order valence-electron chi connectivity index (χ3n) is 9.65. The summed E-state index contributed by atoms with van der Waals surface area (Å²) in [5.74, 6) is 0. The van der Waals surface area contributed by atoms with Gasteiger partial charge in [-0.1, -0.05) is 135 Å². The molecule has 1 aromatic heterocycles. The Hall–Kier alpha value is -5.18. The summed E-state index contributed by atoms with van der Waals surface area (Å²) in [6.45, 7) is 4.70. The zero-order valence-corrected chi connectivity index (χ0v) is 26.1. The Bertz CT molecular complexity index is 2410. The van der Waals surface area contributed by atoms with Crippen LogP contribution in [0.2, 0.25) is 0 Å². The van der Waals surface area contributed by atoms with Crippen LogP contribution in [0.5, 0.6) is 0 Å². The van der Waals surface area contributed by atoms with Crippen molar-refractivity contribution in [2.24, 2.45) is 0 Å². The average molecular weight is 594 g/mol. The molecule has 1 heterocycles. The zero-order chi connectivity index (χ0) is 30.1. The summed E-state index contributed by atoms with van der Waals surface area (Å²) >= 11 is 1.90. The first kappa shape index (κ1) is 26.2. The van der Waals surface area contributed by atoms with Crippen molar-refractivity contribution >= 4 is 59.3 Å². The highest BCUT2D eigenvalue weighted by Crippen LogP contribution is 2.53. The molecule has 9 rings (SSSR count). The van der Waals surface area contributed by atoms with E-state index < -0.39 is 0 Å². The molecule has 0 N–H and O–H groups in total. The summed E-state index contributed by atoms with van der Waals surface area (Å²) in [4.78, 5) is 2.52. The van der Waals surface area contributed by atoms with Crippen molar-refractivity contribution in [1.29, 1.82) is 0 Å². The van der Waals surface area contributed by atoms with E-state index in [4.69, 9.17) is 0 Å². The smallest absolute Gasteiger partial charge is 0.0561 e. The van der Waals surface area contributed by atoms with Crippen LogP contribution in [0.25, 0.3) is 53.2 Å². The van der Waals surface area contributed by atoms with Crippen molar-refractivity contribution < 1.29 is 0 Å². The predicted molar refractivity (Wildman–Crippen MR) is 195 cm³/mol. The van der Waals surface area contributed by atoms with Crippen LogP contribution in [0.4, 0.5) is 17.1 Å². The zero-order valence-electron chi connectivity index (χ0n) is 25.3. The van der Waals surface area contributed by atoms with Gasteiger partial charge >= 0.3 is 0 Å². The molecule has 7 aromatic carbocycles. The van der Waals surface area contributed by atoms with Crippen molar-refractivity contribution in [2.75, 3.05) is 4.90 Å². The number of anilines is 3. The molecule has 0 fully saturated rings. The van der Waals surface area contributed by atoms with E-state index in [2.05, 4.69) is 170 Å². The van der Waals surface area contributed by atoms with E-state index in [0.717, 1.165) is 5.69 Å². The van der Waals surface area contributed by atoms with Gasteiger partial charge in [-0.3, -0.25) is 0 Å². The molecule has 1 aliphatic carbocycles. The van der Waals surface area contributed by atoms with E-state index in [1.165, 1.54) is 75.7 Å². The number of hydrogen-bond acceptors (Lipinski definition) is 2. The van der Waals surface area contributed by atoms with Gasteiger partial charge in [-0.2, -0.15) is 0 Å². The molecule has 0 saturated carbocycles. The van der Waals surface area contributed by atoms with Crippen LogP contribution < -0.4 is 4.90 Å². The molecule has 0 radical (unpaired) electrons. The normalized spacial score (nSPS) is 13.3. The topological polar surface area (TPSA) is 3.24 Å². The molecule has 0 spiro atoms. The Balaban J connectivity index is 1.41. The monoisotopic (exact) mass is 593 g/mol. The molecule has 0 unspecified atom stereocenters. The molecular formula is C43H31NS. The number of rotatable bonds is 4. The van der Waals surface area contributed by atoms with Crippen LogP contribution in [0.15, 0.2) is 152 Å². The standard InChI is InChI=1S/C43H31NS/c1-43(2)36-21-11-8-19-33(36)35-27-30(24-25-37(35)43)44(38-22-12-9-17-31(38)28-14-4-3-5-15-28)39-26-29-16-6-7-18-32(29)42-41(39)34-20-10-13-23-40(34)45-42/h3-27H,1-2H3. The lowest BCUT2D eigenvalue weighted by atomic mass is 9.82. The van der Waals surface area contributed by atoms with E-state index in [9.17, 15) is 0 Å². The average Bonchev–Trinajstić information content (AvgIpc) is 3.59. The fourth-order valence-corrected chi connectivity index (χ4v) is 8.76. The molecule has 1 aliphatic rings. The third kappa shape index (κ3) is 3.92. The van der Waals surface area contributed by atoms with E-state index >= 15 is 0 Å². The second-order valence-electron chi connectivity index (χ2n) is 12.5. The van der Waals surface area contributed by atoms with Crippen LogP contribution in [0.3, 0.4) is 0 Å². The molecule has 8 aromatic rings. The lowest BCUT2D eigenvalue weighted by Gasteiger charge is -2.30. The highest BCUT2D eigenvalue weighted by atomic mass is 32.1. The van der Waals surface area contributed by atoms with Gasteiger partial charge in [-0.05, 0) is 68.9 Å². The van der Waals surface area contributed by atoms with Gasteiger partial charge in [0.25, 0.3) is 0 Å². The van der Waals surface area contributed by atoms with E-state index in [-0.39, 0.29) is 5.41 Å². The first-order chi connectivity index (χ1) is 22.1. The van der Waals surface area contributed by atoms with E-state index in [0.29, 0.717) is 0 Å². The van der Waals surface area contributed by atoms with Gasteiger partial charge < -0.3 is 4.90 Å². The summed E-state index contributed by atoms with van der Waals surface area (Å²) in [5.41, 5.74) is 11.3. The molecule has 0 saturated heterocycles. The van der Waals surface area contributed by atoms with Crippen molar-refractivity contribution in [3.63, 3.8) is 0 Å². The van der Waals surface area contributed by atoms with Crippen LogP contribution in [-0.4, -0.2) is 0 Å². The van der Waals surface area contributed by atoms with Crippen LogP contribution in [-0.2, 0) is 5.41 Å². The maximum absolute atomic E-state index is 2.52. The Kier molecular flexibility index (Phi) is 5.78. The third-order valence-corrected chi connectivity index (χ3v) is 10.8. The Morgan fingerprint density at radius 1 is 0.511 bits per heavy atom. The fourth-order valence-electron chi connectivity index (χ4n) is 7.50. The van der Waals surface area contributed by atoms with Gasteiger partial charge in [0, 0.05) is 36.8 Å². The lowest BCUT2D eigenvalue weighted by Crippen LogP contribution is -2.15. The van der Waals surface area contributed by atoms with Gasteiger partial charge in [0.05, 0.1) is 11.4 Å². The van der Waals surface area contributed by atoms with E-state index in [1.807, 2.05) is 11.3 Å². The molecule has 2 heteroatoms. The summed E-state index contributed by atoms with van der Waals surface area (Å²) in [6, 6.07) is 55.8. The number of para-hydroxylation sites is 1. The van der Waals surface area contributed by atoms with Gasteiger partial charge in [-0.15, -0.1) is 11.3 Å². The number of fused-ring (bicyclic) bond motifs is 8. The van der Waals surface area contributed by atoms with Gasteiger partial charge in [0.15, 0.2) is 0 Å². The van der Waals surface area contributed by atoms with Crippen molar-refractivity contribution in [2.45, 2.75) is 19.3 Å². The predicted octanol–water partition coefficient (Wildman–Crippen LogP) is 12.7. The largest absolute Gasteiger partial charge is 0.309 e. The number of nitrogens with zero attached hydrogens (tertiary/aromatic N) is 1. The molecule has 214 valence electrons. The second-order valence-corrected chi connectivity index (χ2v) is 13.6. The maximum atomic E-state index is 2.52. The Labute approximate surface area is 267 Å². The van der Waals surface area contributed by atoms with Crippen LogP contribution in [0, 0.1) is 0 Å². The molecule has 0 bridgehead atoms. The van der Waals surface area contributed by atoms with Crippen LogP contribution >= 0.6 is 11.3 Å². The second kappa shape index (κ2) is 9.92. The van der Waals surface area contributed by atoms with Crippen LogP contribution in [0.1, 0.15) is 25.0 Å². The van der Waals surface area contributed by atoms with Crippen molar-refractivity contribution in [1.82, 2.24) is 0 Å². The van der Waals surface area contributed by atoms with Gasteiger partial charge in [-0.25, -0.2) is 0 Å². The van der Waals surface area contributed by atoms with E-state index in [1.54, 1.807) is 0 Å². The number of thiophene rings is 1. The summed E-state index contributed by atoms with van der Waals surface area (Å²) in [5, 5.41) is 5.16. The first-order valence-electron chi connectivity index (χ1n) is 15.6.